The van der Waals surface area contributed by atoms with Crippen molar-refractivity contribution in [3.63, 3.8) is 0 Å². The van der Waals surface area contributed by atoms with Crippen LogP contribution < -0.4 is 24.4 Å². The van der Waals surface area contributed by atoms with Gasteiger partial charge in [0.1, 0.15) is 12.4 Å². The van der Waals surface area contributed by atoms with E-state index in [9.17, 15) is 9.59 Å². The number of ether oxygens (including phenoxy) is 3. The normalized spacial score (nSPS) is 19.4. The minimum atomic E-state index is -0.636. The lowest BCUT2D eigenvalue weighted by Gasteiger charge is -2.37. The van der Waals surface area contributed by atoms with Gasteiger partial charge < -0.3 is 29.3 Å². The molecule has 2 aromatic carbocycles. The Morgan fingerprint density at radius 2 is 1.77 bits per heavy atom. The molecule has 2 aliphatic rings. The second kappa shape index (κ2) is 9.26. The molecule has 164 valence electrons. The fraction of sp³-hybridized carbons (Fsp3) is 0.391. The van der Waals surface area contributed by atoms with E-state index in [0.29, 0.717) is 49.1 Å². The Kier molecular flexibility index (Phi) is 6.27. The molecule has 0 spiro atoms. The fourth-order valence-electron chi connectivity index (χ4n) is 3.97. The maximum absolute atomic E-state index is 12.9. The number of quaternary nitrogens is 1. The van der Waals surface area contributed by atoms with E-state index in [4.69, 9.17) is 14.2 Å². The van der Waals surface area contributed by atoms with Gasteiger partial charge in [-0.05, 0) is 31.2 Å². The molecular formula is C23H28N3O5+. The van der Waals surface area contributed by atoms with Crippen molar-refractivity contribution >= 4 is 17.5 Å². The number of fused-ring (bicyclic) bond motifs is 1. The van der Waals surface area contributed by atoms with E-state index in [-0.39, 0.29) is 24.5 Å². The summed E-state index contributed by atoms with van der Waals surface area (Å²) in [5.41, 5.74) is 0.657. The van der Waals surface area contributed by atoms with E-state index in [0.717, 1.165) is 4.90 Å². The highest BCUT2D eigenvalue weighted by atomic mass is 16.6. The van der Waals surface area contributed by atoms with E-state index in [1.165, 1.54) is 0 Å². The van der Waals surface area contributed by atoms with Gasteiger partial charge in [-0.25, -0.2) is 0 Å². The number of hydrogen-bond acceptors (Lipinski definition) is 5. The first-order valence-corrected chi connectivity index (χ1v) is 10.5. The molecule has 2 aromatic rings. The highest BCUT2D eigenvalue weighted by Crippen LogP contribution is 2.31. The lowest BCUT2D eigenvalue weighted by Crippen LogP contribution is -3.19. The topological polar surface area (TPSA) is 81.5 Å². The van der Waals surface area contributed by atoms with Gasteiger partial charge in [0.25, 0.3) is 11.8 Å². The zero-order valence-corrected chi connectivity index (χ0v) is 17.8. The largest absolute Gasteiger partial charge is 0.495 e. The van der Waals surface area contributed by atoms with E-state index in [1.54, 1.807) is 18.1 Å². The van der Waals surface area contributed by atoms with Crippen molar-refractivity contribution in [1.29, 1.82) is 0 Å². The van der Waals surface area contributed by atoms with Crippen LogP contribution in [0, 0.1) is 0 Å². The number of nitrogens with one attached hydrogen (secondary N) is 2. The molecule has 1 saturated heterocycles. The van der Waals surface area contributed by atoms with Crippen LogP contribution in [0.15, 0.2) is 48.5 Å². The zero-order valence-electron chi connectivity index (χ0n) is 17.8. The molecule has 0 aromatic heterocycles. The molecule has 4 rings (SSSR count). The molecule has 0 saturated carbocycles. The number of rotatable bonds is 5. The quantitative estimate of drug-likeness (QED) is 0.732. The molecule has 2 N–H and O–H groups in total. The number of benzene rings is 2. The summed E-state index contributed by atoms with van der Waals surface area (Å²) in [5.74, 6) is 1.75. The van der Waals surface area contributed by atoms with Crippen LogP contribution in [-0.4, -0.2) is 68.8 Å². The van der Waals surface area contributed by atoms with Crippen LogP contribution in [0.1, 0.15) is 6.92 Å². The first kappa shape index (κ1) is 21.0. The number of methoxy groups -OCH3 is 1. The Morgan fingerprint density at radius 1 is 1.10 bits per heavy atom. The number of nitrogens with zero attached hydrogens (tertiary/aromatic N) is 1. The van der Waals surface area contributed by atoms with Gasteiger partial charge in [0.05, 0.1) is 39.0 Å². The molecular weight excluding hydrogens is 398 g/mol. The molecule has 0 radical (unpaired) electrons. The van der Waals surface area contributed by atoms with E-state index in [2.05, 4.69) is 5.32 Å². The summed E-state index contributed by atoms with van der Waals surface area (Å²) < 4.78 is 16.8. The van der Waals surface area contributed by atoms with Crippen molar-refractivity contribution in [3.05, 3.63) is 48.5 Å². The number of piperazine rings is 1. The lowest BCUT2D eigenvalue weighted by atomic mass is 10.2. The molecule has 31 heavy (non-hydrogen) atoms. The standard InChI is InChI=1S/C23H27N3O5/c1-16(22(27)24-17-7-3-4-8-18(17)29-2)25-11-13-26(14-12-25)23(28)21-15-30-19-9-5-6-10-20(19)31-21/h3-10,16,21H,11-15H2,1-2H3,(H,24,27)/p+1/t16-,21+/m0/s1. The SMILES string of the molecule is COc1ccccc1NC(=O)[C@H](C)[NH+]1CCN(C(=O)[C@H]2COc3ccccc3O2)CC1. The van der Waals surface area contributed by atoms with Crippen LogP contribution in [0.5, 0.6) is 17.2 Å². The Morgan fingerprint density at radius 3 is 2.52 bits per heavy atom. The number of hydrogen-bond donors (Lipinski definition) is 2. The molecule has 0 aliphatic carbocycles. The second-order valence-corrected chi connectivity index (χ2v) is 7.76. The van der Waals surface area contributed by atoms with Gasteiger partial charge in [0.15, 0.2) is 17.5 Å². The monoisotopic (exact) mass is 426 g/mol. The van der Waals surface area contributed by atoms with E-state index in [1.807, 2.05) is 49.4 Å². The first-order chi connectivity index (χ1) is 15.1. The Balaban J connectivity index is 1.30. The summed E-state index contributed by atoms with van der Waals surface area (Å²) in [7, 11) is 1.58. The number of para-hydroxylation sites is 4. The minimum Gasteiger partial charge on any atom is -0.495 e. The average molecular weight is 426 g/mol. The van der Waals surface area contributed by atoms with E-state index >= 15 is 0 Å². The predicted molar refractivity (Wildman–Crippen MR) is 115 cm³/mol. The van der Waals surface area contributed by atoms with Gasteiger partial charge >= 0.3 is 0 Å². The highest BCUT2D eigenvalue weighted by Gasteiger charge is 2.36. The van der Waals surface area contributed by atoms with E-state index < -0.39 is 6.10 Å². The van der Waals surface area contributed by atoms with Crippen LogP contribution in [-0.2, 0) is 9.59 Å². The van der Waals surface area contributed by atoms with Gasteiger partial charge in [-0.2, -0.15) is 0 Å². The third kappa shape index (κ3) is 4.59. The van der Waals surface area contributed by atoms with Crippen molar-refractivity contribution in [2.75, 3.05) is 45.2 Å². The summed E-state index contributed by atoms with van der Waals surface area (Å²) in [6, 6.07) is 14.5. The lowest BCUT2D eigenvalue weighted by molar-refractivity contribution is -0.917. The smallest absolute Gasteiger partial charge is 0.282 e. The first-order valence-electron chi connectivity index (χ1n) is 10.5. The molecule has 1 fully saturated rings. The fourth-order valence-corrected chi connectivity index (χ4v) is 3.97. The van der Waals surface area contributed by atoms with Gasteiger partial charge in [-0.1, -0.05) is 24.3 Å². The second-order valence-electron chi connectivity index (χ2n) is 7.76. The Labute approximate surface area is 181 Å². The highest BCUT2D eigenvalue weighted by molar-refractivity contribution is 5.95. The van der Waals surface area contributed by atoms with Gasteiger partial charge in [0, 0.05) is 0 Å². The summed E-state index contributed by atoms with van der Waals surface area (Å²) in [6.07, 6.45) is -0.636. The Bertz CT molecular complexity index is 942. The Hall–Kier alpha value is -3.26. The van der Waals surface area contributed by atoms with Gasteiger partial charge in [-0.3, -0.25) is 9.59 Å². The van der Waals surface area contributed by atoms with Crippen LogP contribution in [0.2, 0.25) is 0 Å². The van der Waals surface area contributed by atoms with Crippen molar-refractivity contribution in [2.24, 2.45) is 0 Å². The number of anilines is 1. The van der Waals surface area contributed by atoms with Crippen molar-refractivity contribution in [1.82, 2.24) is 4.90 Å². The maximum atomic E-state index is 12.9. The molecule has 0 unspecified atom stereocenters. The van der Waals surface area contributed by atoms with Crippen LogP contribution >= 0.6 is 0 Å². The zero-order chi connectivity index (χ0) is 21.8. The van der Waals surface area contributed by atoms with Crippen LogP contribution in [0.4, 0.5) is 5.69 Å². The minimum absolute atomic E-state index is 0.0695. The molecule has 0 bridgehead atoms. The predicted octanol–water partition coefficient (Wildman–Crippen LogP) is 0.589. The molecule has 2 aliphatic heterocycles. The summed E-state index contributed by atoms with van der Waals surface area (Å²) in [5, 5.41) is 2.95. The molecule has 2 amide bonds. The van der Waals surface area contributed by atoms with Crippen molar-refractivity contribution in [2.45, 2.75) is 19.1 Å². The van der Waals surface area contributed by atoms with Crippen molar-refractivity contribution in [3.8, 4) is 17.2 Å². The molecule has 2 heterocycles. The number of carbonyl (C=O) groups excluding carboxylic acids is 2. The summed E-state index contributed by atoms with van der Waals surface area (Å²) in [6.45, 7) is 4.64. The van der Waals surface area contributed by atoms with Gasteiger partial charge in [-0.15, -0.1) is 0 Å². The molecule has 8 heteroatoms. The third-order valence-corrected chi connectivity index (χ3v) is 5.87. The van der Waals surface area contributed by atoms with Gasteiger partial charge in [0.2, 0.25) is 6.10 Å². The average Bonchev–Trinajstić information content (AvgIpc) is 2.83. The van der Waals surface area contributed by atoms with Crippen LogP contribution in [0.3, 0.4) is 0 Å². The molecule has 2 atom stereocenters. The number of carbonyl (C=O) groups is 2. The molecule has 8 nitrogen and oxygen atoms in total. The van der Waals surface area contributed by atoms with Crippen LogP contribution in [0.25, 0.3) is 0 Å². The van der Waals surface area contributed by atoms with Crippen molar-refractivity contribution < 1.29 is 28.7 Å². The third-order valence-electron chi connectivity index (χ3n) is 5.87. The number of amides is 2. The summed E-state index contributed by atoms with van der Waals surface area (Å²) >= 11 is 0. The summed E-state index contributed by atoms with van der Waals surface area (Å²) in [4.78, 5) is 28.6. The maximum Gasteiger partial charge on any atom is 0.282 e.